The maximum Gasteiger partial charge on any atom is 0.145 e. The van der Waals surface area contributed by atoms with E-state index in [1.807, 2.05) is 36.7 Å². The second-order valence-electron chi connectivity index (χ2n) is 3.55. The summed E-state index contributed by atoms with van der Waals surface area (Å²) in [5, 5.41) is 1.13. The van der Waals surface area contributed by atoms with E-state index in [1.54, 1.807) is 0 Å². The van der Waals surface area contributed by atoms with Crippen molar-refractivity contribution in [3.05, 3.63) is 59.3 Å². The van der Waals surface area contributed by atoms with Crippen LogP contribution in [0.5, 0.6) is 0 Å². The Balaban J connectivity index is 2.30. The van der Waals surface area contributed by atoms with Gasteiger partial charge in [0, 0.05) is 27.9 Å². The summed E-state index contributed by atoms with van der Waals surface area (Å²) < 4.78 is 3.16. The molecule has 0 aliphatic heterocycles. The lowest BCUT2D eigenvalue weighted by atomic mass is 10.3. The molecule has 0 spiro atoms. The Labute approximate surface area is 102 Å². The van der Waals surface area contributed by atoms with Crippen LogP contribution in [0.3, 0.4) is 0 Å². The molecule has 0 N–H and O–H groups in total. The van der Waals surface area contributed by atoms with E-state index in [4.69, 9.17) is 0 Å². The maximum atomic E-state index is 4.41. The van der Waals surface area contributed by atoms with Crippen LogP contribution in [0.25, 0.3) is 16.7 Å². The van der Waals surface area contributed by atoms with Gasteiger partial charge in [-0.25, -0.2) is 4.98 Å². The Bertz CT molecular complexity index is 629. The molecule has 2 nitrogen and oxygen atoms in total. The number of benzene rings is 1. The van der Waals surface area contributed by atoms with Crippen molar-refractivity contribution in [2.75, 3.05) is 0 Å². The van der Waals surface area contributed by atoms with Crippen molar-refractivity contribution < 1.29 is 0 Å². The van der Waals surface area contributed by atoms with Crippen molar-refractivity contribution in [3.63, 3.8) is 0 Å². The summed E-state index contributed by atoms with van der Waals surface area (Å²) in [4.78, 5) is 4.41. The molecular formula is C13H9BrN2. The number of hydrogen-bond acceptors (Lipinski definition) is 1. The highest BCUT2D eigenvalue weighted by Crippen LogP contribution is 2.24. The minimum absolute atomic E-state index is 0.973. The first-order chi connectivity index (χ1) is 7.86. The molecule has 0 atom stereocenters. The van der Waals surface area contributed by atoms with Crippen LogP contribution in [0.15, 0.2) is 59.3 Å². The van der Waals surface area contributed by atoms with Gasteiger partial charge in [0.15, 0.2) is 0 Å². The number of para-hydroxylation sites is 1. The van der Waals surface area contributed by atoms with Gasteiger partial charge in [-0.2, -0.15) is 0 Å². The van der Waals surface area contributed by atoms with E-state index < -0.39 is 0 Å². The molecule has 2 aromatic heterocycles. The molecule has 3 heteroatoms. The fourth-order valence-corrected chi connectivity index (χ4v) is 2.23. The molecule has 0 saturated carbocycles. The number of pyridine rings is 1. The van der Waals surface area contributed by atoms with Gasteiger partial charge < -0.3 is 4.57 Å². The molecule has 3 aromatic rings. The van der Waals surface area contributed by atoms with Gasteiger partial charge in [-0.05, 0) is 40.2 Å². The second kappa shape index (κ2) is 3.76. The lowest BCUT2D eigenvalue weighted by Crippen LogP contribution is -1.92. The smallest absolute Gasteiger partial charge is 0.145 e. The van der Waals surface area contributed by atoms with Crippen molar-refractivity contribution in [2.24, 2.45) is 0 Å². The first-order valence-corrected chi connectivity index (χ1v) is 5.82. The second-order valence-corrected chi connectivity index (χ2v) is 4.41. The average molecular weight is 273 g/mol. The predicted octanol–water partition coefficient (Wildman–Crippen LogP) is 3.79. The molecule has 0 amide bonds. The molecule has 0 aliphatic carbocycles. The molecular weight excluding hydrogens is 264 g/mol. The minimum atomic E-state index is 0.973. The molecule has 0 unspecified atom stereocenters. The van der Waals surface area contributed by atoms with Crippen molar-refractivity contribution >= 4 is 27.0 Å². The van der Waals surface area contributed by atoms with Crippen LogP contribution < -0.4 is 0 Å². The van der Waals surface area contributed by atoms with E-state index in [2.05, 4.69) is 43.7 Å². The number of hydrogen-bond donors (Lipinski definition) is 0. The lowest BCUT2D eigenvalue weighted by Gasteiger charge is -2.03. The van der Waals surface area contributed by atoms with Crippen molar-refractivity contribution in [1.82, 2.24) is 9.55 Å². The van der Waals surface area contributed by atoms with Crippen LogP contribution in [0, 0.1) is 0 Å². The van der Waals surface area contributed by atoms with Crippen LogP contribution in [-0.2, 0) is 0 Å². The van der Waals surface area contributed by atoms with Crippen LogP contribution in [0.4, 0.5) is 0 Å². The number of fused-ring (bicyclic) bond motifs is 1. The zero-order valence-electron chi connectivity index (χ0n) is 8.47. The summed E-state index contributed by atoms with van der Waals surface area (Å²) in [6, 6.07) is 14.2. The summed E-state index contributed by atoms with van der Waals surface area (Å²) in [6.07, 6.45) is 3.85. The van der Waals surface area contributed by atoms with Gasteiger partial charge in [-0.3, -0.25) is 0 Å². The van der Waals surface area contributed by atoms with E-state index in [9.17, 15) is 0 Å². The first-order valence-electron chi connectivity index (χ1n) is 5.03. The fourth-order valence-electron chi connectivity index (χ4n) is 1.80. The van der Waals surface area contributed by atoms with Gasteiger partial charge >= 0.3 is 0 Å². The summed E-state index contributed by atoms with van der Waals surface area (Å²) in [5.74, 6) is 0. The van der Waals surface area contributed by atoms with Crippen LogP contribution in [0.1, 0.15) is 0 Å². The van der Waals surface area contributed by atoms with E-state index in [1.165, 1.54) is 0 Å². The molecule has 0 radical (unpaired) electrons. The normalized spacial score (nSPS) is 10.8. The van der Waals surface area contributed by atoms with Crippen molar-refractivity contribution in [2.45, 2.75) is 0 Å². The maximum absolute atomic E-state index is 4.41. The SMILES string of the molecule is Brc1ccnc2c1ccn2-c1ccccc1. The summed E-state index contributed by atoms with van der Waals surface area (Å²) in [5.41, 5.74) is 2.10. The predicted molar refractivity (Wildman–Crippen MR) is 68.8 cm³/mol. The van der Waals surface area contributed by atoms with E-state index in [0.29, 0.717) is 0 Å². The highest BCUT2D eigenvalue weighted by atomic mass is 79.9. The van der Waals surface area contributed by atoms with Gasteiger partial charge in [-0.15, -0.1) is 0 Å². The molecule has 78 valence electrons. The zero-order valence-corrected chi connectivity index (χ0v) is 10.1. The molecule has 0 aliphatic rings. The van der Waals surface area contributed by atoms with Gasteiger partial charge in [0.1, 0.15) is 5.65 Å². The number of nitrogens with zero attached hydrogens (tertiary/aromatic N) is 2. The topological polar surface area (TPSA) is 17.8 Å². The van der Waals surface area contributed by atoms with Crippen LogP contribution in [0.2, 0.25) is 0 Å². The Kier molecular flexibility index (Phi) is 2.26. The summed E-state index contributed by atoms with van der Waals surface area (Å²) in [6.45, 7) is 0. The Hall–Kier alpha value is -1.61. The van der Waals surface area contributed by atoms with Gasteiger partial charge in [0.25, 0.3) is 0 Å². The lowest BCUT2D eigenvalue weighted by molar-refractivity contribution is 1.09. The standard InChI is InChI=1S/C13H9BrN2/c14-12-6-8-15-13-11(12)7-9-16(13)10-4-2-1-3-5-10/h1-9H. The quantitative estimate of drug-likeness (QED) is 0.659. The van der Waals surface area contributed by atoms with Gasteiger partial charge in [0.2, 0.25) is 0 Å². The Morgan fingerprint density at radius 3 is 2.62 bits per heavy atom. The number of rotatable bonds is 1. The average Bonchev–Trinajstić information content (AvgIpc) is 2.75. The zero-order chi connectivity index (χ0) is 11.0. The van der Waals surface area contributed by atoms with Gasteiger partial charge in [-0.1, -0.05) is 18.2 Å². The largest absolute Gasteiger partial charge is 0.301 e. The van der Waals surface area contributed by atoms with Crippen LogP contribution in [-0.4, -0.2) is 9.55 Å². The molecule has 0 saturated heterocycles. The molecule has 0 fully saturated rings. The molecule has 16 heavy (non-hydrogen) atoms. The summed E-state index contributed by atoms with van der Waals surface area (Å²) in [7, 11) is 0. The highest BCUT2D eigenvalue weighted by Gasteiger charge is 2.05. The van der Waals surface area contributed by atoms with Crippen molar-refractivity contribution in [1.29, 1.82) is 0 Å². The highest BCUT2D eigenvalue weighted by molar-refractivity contribution is 9.10. The van der Waals surface area contributed by atoms with E-state index in [0.717, 1.165) is 21.2 Å². The molecule has 2 heterocycles. The van der Waals surface area contributed by atoms with E-state index >= 15 is 0 Å². The molecule has 3 rings (SSSR count). The van der Waals surface area contributed by atoms with Gasteiger partial charge in [0.05, 0.1) is 0 Å². The summed E-state index contributed by atoms with van der Waals surface area (Å²) >= 11 is 3.53. The van der Waals surface area contributed by atoms with Crippen molar-refractivity contribution in [3.8, 4) is 5.69 Å². The first kappa shape index (κ1) is 9.60. The molecule has 0 bridgehead atoms. The third-order valence-corrected chi connectivity index (χ3v) is 3.26. The molecule has 1 aromatic carbocycles. The third kappa shape index (κ3) is 1.44. The monoisotopic (exact) mass is 272 g/mol. The Morgan fingerprint density at radius 2 is 1.81 bits per heavy atom. The van der Waals surface area contributed by atoms with E-state index in [-0.39, 0.29) is 0 Å². The fraction of sp³-hybridized carbons (Fsp3) is 0. The number of halogens is 1. The third-order valence-electron chi connectivity index (χ3n) is 2.57. The number of aromatic nitrogens is 2. The van der Waals surface area contributed by atoms with Crippen LogP contribution >= 0.6 is 15.9 Å². The minimum Gasteiger partial charge on any atom is -0.301 e. The Morgan fingerprint density at radius 1 is 1.00 bits per heavy atom.